The third kappa shape index (κ3) is 4.76. The van der Waals surface area contributed by atoms with Crippen molar-refractivity contribution in [1.82, 2.24) is 5.32 Å². The summed E-state index contributed by atoms with van der Waals surface area (Å²) in [5, 5.41) is 2.75. The van der Waals surface area contributed by atoms with Gasteiger partial charge in [0.2, 0.25) is 5.91 Å². The van der Waals surface area contributed by atoms with Gasteiger partial charge in [0.15, 0.2) is 11.5 Å². The fraction of sp³-hybridized carbons (Fsp3) is 0.462. The monoisotopic (exact) mass is 237 g/mol. The Balaban J connectivity index is 2.28. The fourth-order valence-electron chi connectivity index (χ4n) is 1.44. The van der Waals surface area contributed by atoms with Crippen molar-refractivity contribution in [3.63, 3.8) is 0 Å². The van der Waals surface area contributed by atoms with Gasteiger partial charge in [-0.2, -0.15) is 0 Å². The van der Waals surface area contributed by atoms with Crippen molar-refractivity contribution in [1.29, 1.82) is 0 Å². The number of amides is 1. The minimum Gasteiger partial charge on any atom is -0.493 e. The van der Waals surface area contributed by atoms with Crippen LogP contribution in [-0.2, 0) is 4.79 Å². The van der Waals surface area contributed by atoms with E-state index in [1.165, 1.54) is 0 Å². The average Bonchev–Trinajstić information content (AvgIpc) is 2.35. The zero-order chi connectivity index (χ0) is 12.5. The summed E-state index contributed by atoms with van der Waals surface area (Å²) in [5.41, 5.74) is 0. The maximum atomic E-state index is 11.2. The molecular weight excluding hydrogens is 218 g/mol. The zero-order valence-electron chi connectivity index (χ0n) is 10.4. The number of carbonyl (C=O) groups excluding carboxylic acids is 1. The lowest BCUT2D eigenvalue weighted by Crippen LogP contribution is -2.22. The minimum atomic E-state index is 0.0659. The summed E-state index contributed by atoms with van der Waals surface area (Å²) in [5.74, 6) is 1.49. The van der Waals surface area contributed by atoms with Crippen LogP contribution in [0.25, 0.3) is 0 Å². The van der Waals surface area contributed by atoms with Crippen LogP contribution < -0.4 is 14.8 Å². The van der Waals surface area contributed by atoms with E-state index in [1.54, 1.807) is 7.11 Å². The van der Waals surface area contributed by atoms with Crippen LogP contribution in [0.4, 0.5) is 0 Å². The normalized spacial score (nSPS) is 9.76. The van der Waals surface area contributed by atoms with Gasteiger partial charge < -0.3 is 14.8 Å². The molecule has 0 saturated heterocycles. The van der Waals surface area contributed by atoms with Crippen molar-refractivity contribution in [3.8, 4) is 11.5 Å². The average molecular weight is 237 g/mol. The summed E-state index contributed by atoms with van der Waals surface area (Å²) in [7, 11) is 1.61. The molecule has 0 aliphatic rings. The molecule has 0 bridgehead atoms. The first kappa shape index (κ1) is 13.4. The standard InChI is InChI=1S/C13H19NO3/c1-3-14-13(15)9-6-10-17-12-8-5-4-7-11(12)16-2/h4-5,7-8H,3,6,9-10H2,1-2H3,(H,14,15). The van der Waals surface area contributed by atoms with Gasteiger partial charge in [0.25, 0.3) is 0 Å². The molecular formula is C13H19NO3. The molecule has 0 heterocycles. The molecule has 94 valence electrons. The van der Waals surface area contributed by atoms with Gasteiger partial charge in [0.1, 0.15) is 0 Å². The van der Waals surface area contributed by atoms with Crippen molar-refractivity contribution in [2.45, 2.75) is 19.8 Å². The Morgan fingerprint density at radius 1 is 1.29 bits per heavy atom. The summed E-state index contributed by atoms with van der Waals surface area (Å²) in [6.45, 7) is 3.09. The quantitative estimate of drug-likeness (QED) is 0.738. The van der Waals surface area contributed by atoms with Gasteiger partial charge in [-0.1, -0.05) is 12.1 Å². The molecule has 17 heavy (non-hydrogen) atoms. The van der Waals surface area contributed by atoms with E-state index in [0.29, 0.717) is 37.5 Å². The van der Waals surface area contributed by atoms with E-state index >= 15 is 0 Å². The number of hydrogen-bond acceptors (Lipinski definition) is 3. The van der Waals surface area contributed by atoms with Crippen molar-refractivity contribution in [3.05, 3.63) is 24.3 Å². The molecule has 4 heteroatoms. The molecule has 1 N–H and O–H groups in total. The highest BCUT2D eigenvalue weighted by Crippen LogP contribution is 2.25. The molecule has 0 aliphatic carbocycles. The topological polar surface area (TPSA) is 47.6 Å². The van der Waals surface area contributed by atoms with Gasteiger partial charge in [-0.25, -0.2) is 0 Å². The summed E-state index contributed by atoms with van der Waals surface area (Å²) in [6, 6.07) is 7.48. The SMILES string of the molecule is CCNC(=O)CCCOc1ccccc1OC. The lowest BCUT2D eigenvalue weighted by atomic mass is 10.3. The van der Waals surface area contributed by atoms with Gasteiger partial charge in [0.05, 0.1) is 13.7 Å². The molecule has 0 saturated carbocycles. The maximum absolute atomic E-state index is 11.2. The second-order valence-corrected chi connectivity index (χ2v) is 3.56. The smallest absolute Gasteiger partial charge is 0.220 e. The van der Waals surface area contributed by atoms with Crippen molar-refractivity contribution in [2.75, 3.05) is 20.3 Å². The molecule has 0 aliphatic heterocycles. The van der Waals surface area contributed by atoms with Crippen LogP contribution in [0.5, 0.6) is 11.5 Å². The molecule has 0 spiro atoms. The number of hydrogen-bond donors (Lipinski definition) is 1. The van der Waals surface area contributed by atoms with E-state index in [-0.39, 0.29) is 5.91 Å². The Hall–Kier alpha value is -1.71. The van der Waals surface area contributed by atoms with E-state index < -0.39 is 0 Å². The molecule has 1 amide bonds. The first-order chi connectivity index (χ1) is 8.27. The third-order valence-corrected chi connectivity index (χ3v) is 2.25. The zero-order valence-corrected chi connectivity index (χ0v) is 10.4. The number of carbonyl (C=O) groups is 1. The van der Waals surface area contributed by atoms with Gasteiger partial charge in [-0.05, 0) is 25.5 Å². The van der Waals surface area contributed by atoms with Gasteiger partial charge in [-0.15, -0.1) is 0 Å². The molecule has 1 aromatic carbocycles. The molecule has 0 unspecified atom stereocenters. The molecule has 0 aromatic heterocycles. The summed E-state index contributed by atoms with van der Waals surface area (Å²) >= 11 is 0. The van der Waals surface area contributed by atoms with Crippen LogP contribution in [0.3, 0.4) is 0 Å². The van der Waals surface area contributed by atoms with Crippen LogP contribution in [0, 0.1) is 0 Å². The highest BCUT2D eigenvalue weighted by Gasteiger charge is 2.03. The second kappa shape index (κ2) is 7.54. The Bertz CT molecular complexity index is 352. The van der Waals surface area contributed by atoms with Crippen LogP contribution in [0.15, 0.2) is 24.3 Å². The summed E-state index contributed by atoms with van der Waals surface area (Å²) < 4.78 is 10.7. The minimum absolute atomic E-state index is 0.0659. The van der Waals surface area contributed by atoms with Crippen molar-refractivity contribution < 1.29 is 14.3 Å². The molecule has 4 nitrogen and oxygen atoms in total. The van der Waals surface area contributed by atoms with Crippen LogP contribution in [0.2, 0.25) is 0 Å². The molecule has 0 fully saturated rings. The van der Waals surface area contributed by atoms with Crippen LogP contribution >= 0.6 is 0 Å². The summed E-state index contributed by atoms with van der Waals surface area (Å²) in [4.78, 5) is 11.2. The van der Waals surface area contributed by atoms with Gasteiger partial charge in [0, 0.05) is 13.0 Å². The molecule has 0 atom stereocenters. The van der Waals surface area contributed by atoms with E-state index in [4.69, 9.17) is 9.47 Å². The van der Waals surface area contributed by atoms with Gasteiger partial charge >= 0.3 is 0 Å². The fourth-order valence-corrected chi connectivity index (χ4v) is 1.44. The first-order valence-corrected chi connectivity index (χ1v) is 5.80. The lowest BCUT2D eigenvalue weighted by Gasteiger charge is -2.09. The predicted octanol–water partition coefficient (Wildman–Crippen LogP) is 1.99. The maximum Gasteiger partial charge on any atom is 0.220 e. The van der Waals surface area contributed by atoms with Crippen molar-refractivity contribution in [2.24, 2.45) is 0 Å². The third-order valence-electron chi connectivity index (χ3n) is 2.25. The Morgan fingerprint density at radius 3 is 2.65 bits per heavy atom. The first-order valence-electron chi connectivity index (χ1n) is 5.80. The number of benzene rings is 1. The summed E-state index contributed by atoms with van der Waals surface area (Å²) in [6.07, 6.45) is 1.19. The number of nitrogens with one attached hydrogen (secondary N) is 1. The second-order valence-electron chi connectivity index (χ2n) is 3.56. The van der Waals surface area contributed by atoms with E-state index in [2.05, 4.69) is 5.32 Å². The van der Waals surface area contributed by atoms with E-state index in [9.17, 15) is 4.79 Å². The molecule has 0 radical (unpaired) electrons. The van der Waals surface area contributed by atoms with E-state index in [0.717, 1.165) is 0 Å². The Labute approximate surface area is 102 Å². The van der Waals surface area contributed by atoms with Crippen molar-refractivity contribution >= 4 is 5.91 Å². The number of rotatable bonds is 7. The lowest BCUT2D eigenvalue weighted by molar-refractivity contribution is -0.121. The van der Waals surface area contributed by atoms with Crippen LogP contribution in [-0.4, -0.2) is 26.2 Å². The highest BCUT2D eigenvalue weighted by atomic mass is 16.5. The Kier molecular flexibility index (Phi) is 5.93. The highest BCUT2D eigenvalue weighted by molar-refractivity contribution is 5.75. The van der Waals surface area contributed by atoms with Crippen LogP contribution in [0.1, 0.15) is 19.8 Å². The molecule has 1 rings (SSSR count). The molecule has 1 aromatic rings. The van der Waals surface area contributed by atoms with E-state index in [1.807, 2.05) is 31.2 Å². The predicted molar refractivity (Wildman–Crippen MR) is 66.4 cm³/mol. The Morgan fingerprint density at radius 2 is 2.00 bits per heavy atom. The number of para-hydroxylation sites is 2. The largest absolute Gasteiger partial charge is 0.493 e. The number of ether oxygens (including phenoxy) is 2. The van der Waals surface area contributed by atoms with Gasteiger partial charge in [-0.3, -0.25) is 4.79 Å². The number of methoxy groups -OCH3 is 1.